The molecule has 1 aromatic heterocycles. The van der Waals surface area contributed by atoms with Crippen LogP contribution in [-0.4, -0.2) is 10.7 Å². The van der Waals surface area contributed by atoms with E-state index >= 15 is 0 Å². The van der Waals surface area contributed by atoms with E-state index in [-0.39, 0.29) is 6.10 Å². The third-order valence-electron chi connectivity index (χ3n) is 3.93. The predicted molar refractivity (Wildman–Crippen MR) is 102 cm³/mol. The van der Waals surface area contributed by atoms with Gasteiger partial charge in [0.2, 0.25) is 0 Å². The molecule has 0 fully saturated rings. The maximum atomic E-state index is 6.28. The lowest BCUT2D eigenvalue weighted by Crippen LogP contribution is -2.13. The summed E-state index contributed by atoms with van der Waals surface area (Å²) in [6.07, 6.45) is 4.37. The molecule has 0 spiro atoms. The molecule has 0 amide bonds. The van der Waals surface area contributed by atoms with E-state index in [2.05, 4.69) is 92.6 Å². The van der Waals surface area contributed by atoms with Gasteiger partial charge < -0.3 is 9.30 Å². The molecule has 0 N–H and O–H groups in total. The quantitative estimate of drug-likeness (QED) is 0.573. The molecule has 0 bridgehead atoms. The first-order chi connectivity index (χ1) is 10.8. The number of rotatable bonds is 6. The molecule has 126 valence electrons. The lowest BCUT2D eigenvalue weighted by molar-refractivity contribution is 0.236. The van der Waals surface area contributed by atoms with Crippen LogP contribution in [0.4, 0.5) is 0 Å². The zero-order valence-corrected chi connectivity index (χ0v) is 16.6. The van der Waals surface area contributed by atoms with Gasteiger partial charge in [0, 0.05) is 28.0 Å². The molecule has 1 heterocycles. The number of hydrogen-bond donors (Lipinski definition) is 0. The number of halogens is 1. The Labute approximate surface area is 149 Å². The van der Waals surface area contributed by atoms with E-state index in [1.54, 1.807) is 0 Å². The summed E-state index contributed by atoms with van der Waals surface area (Å²) >= 11 is 3.52. The van der Waals surface area contributed by atoms with Gasteiger partial charge in [0.1, 0.15) is 5.75 Å². The topological polar surface area (TPSA) is 14.2 Å². The molecule has 3 heteroatoms. The summed E-state index contributed by atoms with van der Waals surface area (Å²) < 4.78 is 9.57. The van der Waals surface area contributed by atoms with Crippen LogP contribution in [0, 0.1) is 0 Å². The fourth-order valence-corrected chi connectivity index (χ4v) is 3.35. The van der Waals surface area contributed by atoms with E-state index < -0.39 is 0 Å². The Bertz CT molecular complexity index is 656. The van der Waals surface area contributed by atoms with Crippen molar-refractivity contribution >= 4 is 15.9 Å². The maximum absolute atomic E-state index is 6.28. The lowest BCUT2D eigenvalue weighted by atomic mass is 9.88. The second-order valence-corrected chi connectivity index (χ2v) is 7.95. The highest BCUT2D eigenvalue weighted by Crippen LogP contribution is 2.38. The second-order valence-electron chi connectivity index (χ2n) is 7.03. The molecule has 1 aromatic carbocycles. The number of aromatic nitrogens is 1. The average molecular weight is 378 g/mol. The average Bonchev–Trinajstić information content (AvgIpc) is 2.84. The van der Waals surface area contributed by atoms with Gasteiger partial charge in [-0.25, -0.2) is 0 Å². The summed E-state index contributed by atoms with van der Waals surface area (Å²) in [7, 11) is 0. The highest BCUT2D eigenvalue weighted by atomic mass is 79.9. The summed E-state index contributed by atoms with van der Waals surface area (Å²) in [4.78, 5) is 0. The molecule has 2 nitrogen and oxygen atoms in total. The van der Waals surface area contributed by atoms with Crippen molar-refractivity contribution < 1.29 is 4.74 Å². The maximum Gasteiger partial charge on any atom is 0.128 e. The van der Waals surface area contributed by atoms with Gasteiger partial charge in [-0.2, -0.15) is 0 Å². The third kappa shape index (κ3) is 4.41. The molecule has 0 unspecified atom stereocenters. The van der Waals surface area contributed by atoms with Crippen LogP contribution in [0.5, 0.6) is 5.75 Å². The highest BCUT2D eigenvalue weighted by molar-refractivity contribution is 9.10. The zero-order valence-electron chi connectivity index (χ0n) is 15.1. The van der Waals surface area contributed by atoms with Crippen molar-refractivity contribution in [1.82, 2.24) is 4.57 Å². The van der Waals surface area contributed by atoms with Crippen molar-refractivity contribution in [2.24, 2.45) is 0 Å². The summed E-state index contributed by atoms with van der Waals surface area (Å²) in [5.41, 5.74) is 4.00. The smallest absolute Gasteiger partial charge is 0.128 e. The highest BCUT2D eigenvalue weighted by Gasteiger charge is 2.20. The predicted octanol–water partition coefficient (Wildman–Crippen LogP) is 6.33. The minimum absolute atomic E-state index is 0.171. The van der Waals surface area contributed by atoms with Crippen molar-refractivity contribution in [3.8, 4) is 5.75 Å². The second kappa shape index (κ2) is 7.57. The largest absolute Gasteiger partial charge is 0.490 e. The molecule has 2 aromatic rings. The van der Waals surface area contributed by atoms with Crippen LogP contribution in [0.1, 0.15) is 70.1 Å². The molecule has 2 rings (SSSR count). The third-order valence-corrected chi connectivity index (χ3v) is 4.40. The van der Waals surface area contributed by atoms with Crippen molar-refractivity contribution in [3.63, 3.8) is 0 Å². The molecule has 0 aliphatic heterocycles. The SMILES string of the molecule is CC(C)Oc1c(Cn2ccc(Br)c2)ccc(C(C)C)c1C(C)C. The van der Waals surface area contributed by atoms with Gasteiger partial charge in [-0.05, 0) is 53.2 Å². The van der Waals surface area contributed by atoms with Gasteiger partial charge >= 0.3 is 0 Å². The van der Waals surface area contributed by atoms with Crippen LogP contribution >= 0.6 is 15.9 Å². The van der Waals surface area contributed by atoms with Crippen LogP contribution in [0.2, 0.25) is 0 Å². The zero-order chi connectivity index (χ0) is 17.1. The summed E-state index contributed by atoms with van der Waals surface area (Å²) in [6, 6.07) is 6.57. The lowest BCUT2D eigenvalue weighted by Gasteiger charge is -2.25. The van der Waals surface area contributed by atoms with Gasteiger partial charge in [0.25, 0.3) is 0 Å². The molecule has 0 saturated carbocycles. The molecule has 0 radical (unpaired) electrons. The Morgan fingerprint density at radius 3 is 2.17 bits per heavy atom. The Balaban J connectivity index is 2.54. The molecular formula is C20H28BrNO. The van der Waals surface area contributed by atoms with Crippen LogP contribution in [0.15, 0.2) is 35.1 Å². The molecular weight excluding hydrogens is 350 g/mol. The van der Waals surface area contributed by atoms with Gasteiger partial charge in [-0.3, -0.25) is 0 Å². The molecule has 0 aliphatic carbocycles. The number of nitrogens with zero attached hydrogens (tertiary/aromatic N) is 1. The Kier molecular flexibility index (Phi) is 5.96. The Morgan fingerprint density at radius 1 is 1.00 bits per heavy atom. The monoisotopic (exact) mass is 377 g/mol. The minimum Gasteiger partial charge on any atom is -0.490 e. The minimum atomic E-state index is 0.171. The van der Waals surface area contributed by atoms with Crippen LogP contribution in [0.3, 0.4) is 0 Å². The van der Waals surface area contributed by atoms with E-state index in [1.807, 2.05) is 0 Å². The summed E-state index contributed by atoms with van der Waals surface area (Å²) in [6.45, 7) is 14.0. The van der Waals surface area contributed by atoms with E-state index in [9.17, 15) is 0 Å². The van der Waals surface area contributed by atoms with Crippen molar-refractivity contribution in [3.05, 3.63) is 51.8 Å². The van der Waals surface area contributed by atoms with Gasteiger partial charge in [0.15, 0.2) is 0 Å². The number of benzene rings is 1. The Morgan fingerprint density at radius 2 is 1.70 bits per heavy atom. The fraction of sp³-hybridized carbons (Fsp3) is 0.500. The van der Waals surface area contributed by atoms with Crippen molar-refractivity contribution in [2.75, 3.05) is 0 Å². The first-order valence-electron chi connectivity index (χ1n) is 8.43. The van der Waals surface area contributed by atoms with Crippen molar-refractivity contribution in [1.29, 1.82) is 0 Å². The van der Waals surface area contributed by atoms with Gasteiger partial charge in [0.05, 0.1) is 12.6 Å². The number of ether oxygens (including phenoxy) is 1. The van der Waals surface area contributed by atoms with E-state index in [0.29, 0.717) is 11.8 Å². The first kappa shape index (κ1) is 18.1. The van der Waals surface area contributed by atoms with Crippen LogP contribution in [0.25, 0.3) is 0 Å². The van der Waals surface area contributed by atoms with Gasteiger partial charge in [-0.1, -0.05) is 39.8 Å². The summed E-state index contributed by atoms with van der Waals surface area (Å²) in [5.74, 6) is 2.01. The van der Waals surface area contributed by atoms with Crippen LogP contribution < -0.4 is 4.74 Å². The standard InChI is InChI=1S/C20H28BrNO/c1-13(2)18-8-7-16(11-22-10-9-17(21)12-22)20(23-15(5)6)19(18)14(3)4/h7-10,12-15H,11H2,1-6H3. The Hall–Kier alpha value is -1.22. The molecule has 0 aliphatic rings. The first-order valence-corrected chi connectivity index (χ1v) is 9.22. The van der Waals surface area contributed by atoms with E-state index in [4.69, 9.17) is 4.74 Å². The normalized spacial score (nSPS) is 11.7. The van der Waals surface area contributed by atoms with Crippen molar-refractivity contribution in [2.45, 2.75) is 66.0 Å². The van der Waals surface area contributed by atoms with Gasteiger partial charge in [-0.15, -0.1) is 0 Å². The van der Waals surface area contributed by atoms with Crippen LogP contribution in [-0.2, 0) is 6.54 Å². The van der Waals surface area contributed by atoms with E-state index in [1.165, 1.54) is 16.7 Å². The molecule has 0 saturated heterocycles. The van der Waals surface area contributed by atoms with E-state index in [0.717, 1.165) is 16.8 Å². The molecule has 0 atom stereocenters. The fourth-order valence-electron chi connectivity index (χ4n) is 2.96. The number of hydrogen-bond acceptors (Lipinski definition) is 1. The molecule has 23 heavy (non-hydrogen) atoms. The summed E-state index contributed by atoms with van der Waals surface area (Å²) in [5, 5.41) is 0.